The first-order valence-electron chi connectivity index (χ1n) is 10.6. The molecular weight excluding hydrogens is 348 g/mol. The lowest BCUT2D eigenvalue weighted by Crippen LogP contribution is -2.48. The van der Waals surface area contributed by atoms with Gasteiger partial charge in [-0.05, 0) is 55.9 Å². The van der Waals surface area contributed by atoms with Crippen LogP contribution in [0.2, 0.25) is 0 Å². The van der Waals surface area contributed by atoms with Crippen LogP contribution in [0.1, 0.15) is 84.5 Å². The molecule has 2 aliphatic carbocycles. The van der Waals surface area contributed by atoms with Crippen LogP contribution in [0.4, 0.5) is 5.69 Å². The fourth-order valence-corrected chi connectivity index (χ4v) is 5.44. The van der Waals surface area contributed by atoms with E-state index in [0.717, 1.165) is 53.2 Å². The van der Waals surface area contributed by atoms with Gasteiger partial charge in [0, 0.05) is 35.1 Å². The highest BCUT2D eigenvalue weighted by atomic mass is 16.2. The maximum Gasteiger partial charge on any atom is 0.260 e. The topological polar surface area (TPSA) is 42.3 Å². The van der Waals surface area contributed by atoms with E-state index in [9.17, 15) is 9.59 Å². The largest absolute Gasteiger partial charge is 0.317 e. The van der Waals surface area contributed by atoms with E-state index in [0.29, 0.717) is 12.5 Å². The van der Waals surface area contributed by atoms with Gasteiger partial charge in [0.25, 0.3) is 5.91 Å². The molecule has 4 heteroatoms. The number of ketones is 1. The van der Waals surface area contributed by atoms with Crippen molar-refractivity contribution in [3.8, 4) is 5.69 Å². The SMILES string of the molecule is Cc1cc2c(n1-c1ccc3c(c1)N(C1CCCCC1)C3=O)CC(C)(C)CC2=O. The van der Waals surface area contributed by atoms with E-state index in [-0.39, 0.29) is 17.1 Å². The monoisotopic (exact) mass is 376 g/mol. The molecule has 1 fully saturated rings. The Morgan fingerprint density at radius 2 is 1.71 bits per heavy atom. The molecule has 0 N–H and O–H groups in total. The predicted molar refractivity (Wildman–Crippen MR) is 111 cm³/mol. The summed E-state index contributed by atoms with van der Waals surface area (Å²) in [7, 11) is 0. The number of amides is 1. The highest BCUT2D eigenvalue weighted by Crippen LogP contribution is 2.42. The van der Waals surface area contributed by atoms with Crippen LogP contribution in [0.3, 0.4) is 0 Å². The smallest absolute Gasteiger partial charge is 0.260 e. The highest BCUT2D eigenvalue weighted by Gasteiger charge is 2.39. The van der Waals surface area contributed by atoms with Crippen LogP contribution < -0.4 is 4.90 Å². The molecule has 5 rings (SSSR count). The summed E-state index contributed by atoms with van der Waals surface area (Å²) in [5.41, 5.74) is 6.04. The summed E-state index contributed by atoms with van der Waals surface area (Å²) in [4.78, 5) is 27.3. The molecule has 2 aromatic rings. The maximum atomic E-state index is 12.7. The lowest BCUT2D eigenvalue weighted by atomic mass is 9.76. The molecule has 1 aromatic heterocycles. The molecule has 0 unspecified atom stereocenters. The first kappa shape index (κ1) is 17.7. The van der Waals surface area contributed by atoms with Gasteiger partial charge in [-0.3, -0.25) is 9.59 Å². The molecule has 3 aliphatic rings. The summed E-state index contributed by atoms with van der Waals surface area (Å²) < 4.78 is 2.23. The van der Waals surface area contributed by atoms with Crippen LogP contribution in [0, 0.1) is 12.3 Å². The van der Waals surface area contributed by atoms with Crippen molar-refractivity contribution in [2.45, 2.75) is 71.8 Å². The quantitative estimate of drug-likeness (QED) is 0.720. The third-order valence-electron chi connectivity index (χ3n) is 6.76. The second kappa shape index (κ2) is 6.07. The fourth-order valence-electron chi connectivity index (χ4n) is 5.44. The van der Waals surface area contributed by atoms with E-state index in [1.165, 1.54) is 19.3 Å². The molecule has 1 saturated carbocycles. The van der Waals surface area contributed by atoms with Crippen LogP contribution in [-0.2, 0) is 6.42 Å². The van der Waals surface area contributed by atoms with Crippen molar-refractivity contribution < 1.29 is 9.59 Å². The Balaban J connectivity index is 1.57. The number of hydrogen-bond acceptors (Lipinski definition) is 2. The Bertz CT molecular complexity index is 992. The fraction of sp³-hybridized carbons (Fsp3) is 0.500. The van der Waals surface area contributed by atoms with Crippen LogP contribution in [0.5, 0.6) is 0 Å². The summed E-state index contributed by atoms with van der Waals surface area (Å²) in [6.07, 6.45) is 7.42. The van der Waals surface area contributed by atoms with Crippen LogP contribution in [0.25, 0.3) is 5.69 Å². The van der Waals surface area contributed by atoms with Gasteiger partial charge < -0.3 is 9.47 Å². The van der Waals surface area contributed by atoms with Gasteiger partial charge in [-0.2, -0.15) is 0 Å². The lowest BCUT2D eigenvalue weighted by Gasteiger charge is -2.42. The first-order valence-corrected chi connectivity index (χ1v) is 10.6. The molecule has 1 amide bonds. The van der Waals surface area contributed by atoms with E-state index in [1.54, 1.807) is 0 Å². The average Bonchev–Trinajstić information content (AvgIpc) is 2.97. The zero-order valence-electron chi connectivity index (χ0n) is 17.0. The minimum atomic E-state index is -0.0173. The number of fused-ring (bicyclic) bond motifs is 2. The Hall–Kier alpha value is -2.36. The molecule has 0 radical (unpaired) electrons. The number of benzene rings is 1. The summed E-state index contributed by atoms with van der Waals surface area (Å²) >= 11 is 0. The van der Waals surface area contributed by atoms with E-state index in [1.807, 2.05) is 23.1 Å². The second-order valence-electron chi connectivity index (χ2n) is 9.59. The van der Waals surface area contributed by atoms with Crippen LogP contribution in [0.15, 0.2) is 24.3 Å². The summed E-state index contributed by atoms with van der Waals surface area (Å²) in [5.74, 6) is 0.423. The number of aryl methyl sites for hydroxylation is 1. The number of aromatic nitrogens is 1. The van der Waals surface area contributed by atoms with E-state index < -0.39 is 0 Å². The van der Waals surface area contributed by atoms with Crippen molar-refractivity contribution in [3.63, 3.8) is 0 Å². The number of carbonyl (C=O) groups excluding carboxylic acids is 2. The van der Waals surface area contributed by atoms with Gasteiger partial charge in [-0.1, -0.05) is 33.1 Å². The van der Waals surface area contributed by atoms with E-state index in [4.69, 9.17) is 0 Å². The number of rotatable bonds is 2. The molecular formula is C24H28N2O2. The molecule has 28 heavy (non-hydrogen) atoms. The normalized spacial score (nSPS) is 21.3. The van der Waals surface area contributed by atoms with E-state index >= 15 is 0 Å². The Morgan fingerprint density at radius 1 is 0.964 bits per heavy atom. The van der Waals surface area contributed by atoms with Crippen molar-refractivity contribution in [1.82, 2.24) is 4.57 Å². The number of nitrogens with zero attached hydrogens (tertiary/aromatic N) is 2. The zero-order chi connectivity index (χ0) is 19.6. The molecule has 146 valence electrons. The van der Waals surface area contributed by atoms with Crippen molar-refractivity contribution >= 4 is 17.4 Å². The minimum absolute atomic E-state index is 0.0173. The molecule has 2 heterocycles. The highest BCUT2D eigenvalue weighted by molar-refractivity contribution is 6.20. The van der Waals surface area contributed by atoms with Crippen molar-refractivity contribution in [2.75, 3.05) is 4.90 Å². The van der Waals surface area contributed by atoms with Gasteiger partial charge in [0.15, 0.2) is 5.78 Å². The molecule has 1 aromatic carbocycles. The average molecular weight is 377 g/mol. The zero-order valence-corrected chi connectivity index (χ0v) is 17.0. The summed E-state index contributed by atoms with van der Waals surface area (Å²) in [6, 6.07) is 8.55. The Labute approximate surface area is 166 Å². The van der Waals surface area contributed by atoms with Crippen LogP contribution in [-0.4, -0.2) is 22.3 Å². The number of anilines is 1. The number of hydrogen-bond donors (Lipinski definition) is 0. The number of carbonyl (C=O) groups is 2. The summed E-state index contributed by atoms with van der Waals surface area (Å²) in [6.45, 7) is 6.41. The van der Waals surface area contributed by atoms with Gasteiger partial charge in [0.2, 0.25) is 0 Å². The molecule has 4 nitrogen and oxygen atoms in total. The molecule has 0 atom stereocenters. The second-order valence-corrected chi connectivity index (χ2v) is 9.59. The van der Waals surface area contributed by atoms with Gasteiger partial charge in [0.05, 0.1) is 11.3 Å². The van der Waals surface area contributed by atoms with E-state index in [2.05, 4.69) is 31.4 Å². The predicted octanol–water partition coefficient (Wildman–Crippen LogP) is 5.23. The number of Topliss-reactive ketones (excluding diaryl/α,β-unsaturated/α-hetero) is 1. The van der Waals surface area contributed by atoms with Crippen molar-refractivity contribution in [2.24, 2.45) is 5.41 Å². The summed E-state index contributed by atoms with van der Waals surface area (Å²) in [5, 5.41) is 0. The molecule has 0 bridgehead atoms. The van der Waals surface area contributed by atoms with Gasteiger partial charge in [-0.15, -0.1) is 0 Å². The molecule has 0 saturated heterocycles. The third kappa shape index (κ3) is 2.57. The Kier molecular flexibility index (Phi) is 3.84. The Morgan fingerprint density at radius 3 is 2.46 bits per heavy atom. The van der Waals surface area contributed by atoms with Crippen molar-refractivity contribution in [1.29, 1.82) is 0 Å². The van der Waals surface area contributed by atoms with Crippen molar-refractivity contribution in [3.05, 3.63) is 46.8 Å². The minimum Gasteiger partial charge on any atom is -0.317 e. The van der Waals surface area contributed by atoms with Gasteiger partial charge in [-0.25, -0.2) is 0 Å². The maximum absolute atomic E-state index is 12.7. The van der Waals surface area contributed by atoms with Gasteiger partial charge in [0.1, 0.15) is 0 Å². The molecule has 1 aliphatic heterocycles. The first-order chi connectivity index (χ1) is 13.4. The molecule has 0 spiro atoms. The van der Waals surface area contributed by atoms with Gasteiger partial charge >= 0.3 is 0 Å². The third-order valence-corrected chi connectivity index (χ3v) is 6.76. The van der Waals surface area contributed by atoms with Crippen LogP contribution >= 0.6 is 0 Å². The lowest BCUT2D eigenvalue weighted by molar-refractivity contribution is 0.0909. The standard InChI is InChI=1S/C24H28N2O2/c1-15-11-19-21(13-24(2,3)14-22(19)27)25(15)17-9-10-18-20(12-17)26(23(18)28)16-7-5-4-6-8-16/h9-12,16H,4-8,13-14H2,1-3H3.